The van der Waals surface area contributed by atoms with Crippen LogP contribution < -0.4 is 5.32 Å². The molecule has 0 spiro atoms. The number of amides is 1. The predicted octanol–water partition coefficient (Wildman–Crippen LogP) is 2.94. The molecule has 2 atom stereocenters. The Morgan fingerprint density at radius 3 is 2.38 bits per heavy atom. The fourth-order valence-electron chi connectivity index (χ4n) is 2.86. The Morgan fingerprint density at radius 1 is 1.29 bits per heavy atom. The van der Waals surface area contributed by atoms with Crippen LogP contribution in [0.4, 0.5) is 0 Å². The molecule has 3 heteroatoms. The van der Waals surface area contributed by atoms with E-state index in [4.69, 9.17) is 0 Å². The first-order chi connectivity index (χ1) is 9.79. The van der Waals surface area contributed by atoms with Gasteiger partial charge in [0.1, 0.15) is 0 Å². The molecule has 116 valence electrons. The summed E-state index contributed by atoms with van der Waals surface area (Å²) in [6, 6.07) is 8.60. The maximum atomic E-state index is 12.4. The molecule has 1 aromatic carbocycles. The lowest BCUT2D eigenvalue weighted by Gasteiger charge is -2.24. The first-order valence-corrected chi connectivity index (χ1v) is 7.87. The first kappa shape index (κ1) is 16.0. The van der Waals surface area contributed by atoms with Gasteiger partial charge in [-0.3, -0.25) is 4.79 Å². The van der Waals surface area contributed by atoms with E-state index in [1.165, 1.54) is 11.1 Å². The molecular formula is C18H28N2O. The van der Waals surface area contributed by atoms with Gasteiger partial charge in [-0.1, -0.05) is 52.0 Å². The second-order valence-corrected chi connectivity index (χ2v) is 7.34. The monoisotopic (exact) mass is 288 g/mol. The van der Waals surface area contributed by atoms with Gasteiger partial charge < -0.3 is 10.2 Å². The summed E-state index contributed by atoms with van der Waals surface area (Å²) in [7, 11) is 1.90. The lowest BCUT2D eigenvalue weighted by Crippen LogP contribution is -2.43. The number of rotatable bonds is 3. The van der Waals surface area contributed by atoms with E-state index in [-0.39, 0.29) is 17.4 Å². The number of hydrogen-bond acceptors (Lipinski definition) is 2. The van der Waals surface area contributed by atoms with E-state index in [9.17, 15) is 4.79 Å². The van der Waals surface area contributed by atoms with Gasteiger partial charge in [-0.15, -0.1) is 0 Å². The molecule has 1 fully saturated rings. The van der Waals surface area contributed by atoms with Crippen LogP contribution in [0.25, 0.3) is 0 Å². The zero-order valence-corrected chi connectivity index (χ0v) is 13.9. The van der Waals surface area contributed by atoms with E-state index in [1.807, 2.05) is 11.9 Å². The molecule has 2 unspecified atom stereocenters. The summed E-state index contributed by atoms with van der Waals surface area (Å²) in [5, 5.41) is 3.31. The molecule has 0 radical (unpaired) electrons. The minimum Gasteiger partial charge on any atom is -0.340 e. The van der Waals surface area contributed by atoms with E-state index >= 15 is 0 Å². The summed E-state index contributed by atoms with van der Waals surface area (Å²) in [6.07, 6.45) is 1.09. The number of carbonyl (C=O) groups excluding carboxylic acids is 1. The molecule has 1 aliphatic rings. The third-order valence-electron chi connectivity index (χ3n) is 4.41. The second kappa shape index (κ2) is 6.18. The summed E-state index contributed by atoms with van der Waals surface area (Å²) in [5.74, 6) is 0.642. The van der Waals surface area contributed by atoms with E-state index in [0.717, 1.165) is 13.0 Å². The van der Waals surface area contributed by atoms with Crippen LogP contribution in [0.1, 0.15) is 45.2 Å². The fourth-order valence-corrected chi connectivity index (χ4v) is 2.86. The number of hydrogen-bond donors (Lipinski definition) is 1. The van der Waals surface area contributed by atoms with Gasteiger partial charge in [0.05, 0.1) is 6.04 Å². The molecule has 1 aromatic rings. The van der Waals surface area contributed by atoms with Crippen molar-refractivity contribution in [1.29, 1.82) is 0 Å². The van der Waals surface area contributed by atoms with Crippen molar-refractivity contribution in [2.24, 2.45) is 5.92 Å². The van der Waals surface area contributed by atoms with Gasteiger partial charge in [-0.05, 0) is 35.4 Å². The van der Waals surface area contributed by atoms with Crippen molar-refractivity contribution in [2.45, 2.75) is 52.1 Å². The Bertz CT molecular complexity index is 487. The van der Waals surface area contributed by atoms with Crippen LogP contribution in [0, 0.1) is 5.92 Å². The molecule has 0 bridgehead atoms. The summed E-state index contributed by atoms with van der Waals surface area (Å²) < 4.78 is 0. The largest absolute Gasteiger partial charge is 0.340 e. The fraction of sp³-hybridized carbons (Fsp3) is 0.611. The van der Waals surface area contributed by atoms with Crippen LogP contribution in [0.5, 0.6) is 0 Å². The van der Waals surface area contributed by atoms with Crippen molar-refractivity contribution >= 4 is 5.91 Å². The number of carbonyl (C=O) groups is 1. The lowest BCUT2D eigenvalue weighted by molar-refractivity contribution is -0.133. The summed E-state index contributed by atoms with van der Waals surface area (Å²) in [4.78, 5) is 14.3. The number of benzene rings is 1. The summed E-state index contributed by atoms with van der Waals surface area (Å²) in [5.41, 5.74) is 2.68. The minimum absolute atomic E-state index is 0.0103. The smallest absolute Gasteiger partial charge is 0.240 e. The molecule has 1 heterocycles. The SMILES string of the molecule is CC1CCNC1C(=O)N(C)Cc1ccc(C(C)(C)C)cc1. The highest BCUT2D eigenvalue weighted by molar-refractivity contribution is 5.82. The van der Waals surface area contributed by atoms with Gasteiger partial charge in [-0.2, -0.15) is 0 Å². The Morgan fingerprint density at radius 2 is 1.90 bits per heavy atom. The average Bonchev–Trinajstić information content (AvgIpc) is 2.83. The highest BCUT2D eigenvalue weighted by atomic mass is 16.2. The van der Waals surface area contributed by atoms with Gasteiger partial charge in [0.2, 0.25) is 5.91 Å². The zero-order valence-electron chi connectivity index (χ0n) is 13.9. The summed E-state index contributed by atoms with van der Waals surface area (Å²) in [6.45, 7) is 10.4. The van der Waals surface area contributed by atoms with E-state index in [2.05, 4.69) is 57.3 Å². The van der Waals surface area contributed by atoms with Gasteiger partial charge in [0.25, 0.3) is 0 Å². The topological polar surface area (TPSA) is 32.3 Å². The Labute approximate surface area is 128 Å². The Balaban J connectivity index is 1.99. The van der Waals surface area contributed by atoms with Gasteiger partial charge >= 0.3 is 0 Å². The van der Waals surface area contributed by atoms with Crippen LogP contribution in [-0.4, -0.2) is 30.4 Å². The van der Waals surface area contributed by atoms with Crippen LogP contribution in [0.3, 0.4) is 0 Å². The molecule has 1 N–H and O–H groups in total. The first-order valence-electron chi connectivity index (χ1n) is 7.87. The standard InChI is InChI=1S/C18H28N2O/c1-13-10-11-19-16(13)17(21)20(5)12-14-6-8-15(9-7-14)18(2,3)4/h6-9,13,16,19H,10-12H2,1-5H3. The number of nitrogens with one attached hydrogen (secondary N) is 1. The van der Waals surface area contributed by atoms with Gasteiger partial charge in [0.15, 0.2) is 0 Å². The molecule has 1 saturated heterocycles. The van der Waals surface area contributed by atoms with Crippen LogP contribution in [0.15, 0.2) is 24.3 Å². The van der Waals surface area contributed by atoms with Crippen molar-refractivity contribution in [3.05, 3.63) is 35.4 Å². The molecule has 0 aliphatic carbocycles. The van der Waals surface area contributed by atoms with Gasteiger partial charge in [-0.25, -0.2) is 0 Å². The van der Waals surface area contributed by atoms with Crippen LogP contribution >= 0.6 is 0 Å². The van der Waals surface area contributed by atoms with E-state index in [0.29, 0.717) is 12.5 Å². The number of nitrogens with zero attached hydrogens (tertiary/aromatic N) is 1. The van der Waals surface area contributed by atoms with Crippen LogP contribution in [-0.2, 0) is 16.8 Å². The van der Waals surface area contributed by atoms with Crippen molar-refractivity contribution in [3.63, 3.8) is 0 Å². The van der Waals surface area contributed by atoms with Crippen LogP contribution in [0.2, 0.25) is 0 Å². The number of likely N-dealkylation sites (N-methyl/N-ethyl adjacent to an activating group) is 1. The highest BCUT2D eigenvalue weighted by Gasteiger charge is 2.31. The summed E-state index contributed by atoms with van der Waals surface area (Å²) >= 11 is 0. The third kappa shape index (κ3) is 3.85. The molecule has 3 nitrogen and oxygen atoms in total. The highest BCUT2D eigenvalue weighted by Crippen LogP contribution is 2.23. The molecule has 1 aliphatic heterocycles. The average molecular weight is 288 g/mol. The van der Waals surface area contributed by atoms with Gasteiger partial charge in [0, 0.05) is 13.6 Å². The maximum absolute atomic E-state index is 12.4. The maximum Gasteiger partial charge on any atom is 0.240 e. The second-order valence-electron chi connectivity index (χ2n) is 7.34. The minimum atomic E-state index is -0.0103. The quantitative estimate of drug-likeness (QED) is 0.927. The molecular weight excluding hydrogens is 260 g/mol. The molecule has 0 saturated carbocycles. The molecule has 2 rings (SSSR count). The molecule has 21 heavy (non-hydrogen) atoms. The predicted molar refractivity (Wildman–Crippen MR) is 87.2 cm³/mol. The van der Waals surface area contributed by atoms with Crippen molar-refractivity contribution in [1.82, 2.24) is 10.2 Å². The van der Waals surface area contributed by atoms with E-state index in [1.54, 1.807) is 0 Å². The lowest BCUT2D eigenvalue weighted by atomic mass is 9.87. The third-order valence-corrected chi connectivity index (χ3v) is 4.41. The van der Waals surface area contributed by atoms with E-state index < -0.39 is 0 Å². The normalized spacial score (nSPS) is 22.3. The zero-order chi connectivity index (χ0) is 15.6. The Hall–Kier alpha value is -1.35. The van der Waals surface area contributed by atoms with Crippen molar-refractivity contribution in [3.8, 4) is 0 Å². The Kier molecular flexibility index (Phi) is 4.72. The molecule has 0 aromatic heterocycles. The molecule has 1 amide bonds. The van der Waals surface area contributed by atoms with Crippen molar-refractivity contribution < 1.29 is 4.79 Å². The van der Waals surface area contributed by atoms with Crippen molar-refractivity contribution in [2.75, 3.05) is 13.6 Å².